The van der Waals surface area contributed by atoms with Crippen molar-refractivity contribution < 1.29 is 14.6 Å². The number of hydrogen-bond acceptors (Lipinski definition) is 6. The summed E-state index contributed by atoms with van der Waals surface area (Å²) in [7, 11) is 1.42. The van der Waals surface area contributed by atoms with Gasteiger partial charge in [-0.15, -0.1) is 11.3 Å². The highest BCUT2D eigenvalue weighted by atomic mass is 35.5. The fraction of sp³-hybridized carbons (Fsp3) is 0.136. The number of aromatic nitrogens is 2. The topological polar surface area (TPSA) is 84.3 Å². The minimum atomic E-state index is -1.11. The zero-order valence-electron chi connectivity index (χ0n) is 16.5. The van der Waals surface area contributed by atoms with Crippen LogP contribution < -0.4 is 10.1 Å². The number of ether oxygens (including phenoxy) is 1. The number of fused-ring (bicyclic) bond motifs is 1. The number of nitrogens with one attached hydrogen (secondary N) is 1. The van der Waals surface area contributed by atoms with Gasteiger partial charge in [0.2, 0.25) is 0 Å². The number of nitrogens with zero attached hydrogens (tertiary/aromatic N) is 2. The predicted molar refractivity (Wildman–Crippen MR) is 121 cm³/mol. The second-order valence-electron chi connectivity index (χ2n) is 6.83. The van der Waals surface area contributed by atoms with Crippen LogP contribution in [0.4, 0.5) is 11.5 Å². The smallest absolute Gasteiger partial charge is 0.339 e. The summed E-state index contributed by atoms with van der Waals surface area (Å²) in [4.78, 5) is 21.1. The van der Waals surface area contributed by atoms with E-state index in [-0.39, 0.29) is 16.3 Å². The average molecular weight is 440 g/mol. The first kappa shape index (κ1) is 20.1. The summed E-state index contributed by atoms with van der Waals surface area (Å²) in [6, 6.07) is 9.24. The quantitative estimate of drug-likeness (QED) is 0.392. The van der Waals surface area contributed by atoms with Crippen molar-refractivity contribution in [3.8, 4) is 16.9 Å². The molecule has 0 radical (unpaired) electrons. The molecule has 0 fully saturated rings. The minimum Gasteiger partial charge on any atom is -0.496 e. The van der Waals surface area contributed by atoms with Crippen LogP contribution in [0.15, 0.2) is 42.0 Å². The number of thiophene rings is 1. The van der Waals surface area contributed by atoms with Crippen LogP contribution in [0.25, 0.3) is 21.3 Å². The van der Waals surface area contributed by atoms with Gasteiger partial charge in [-0.05, 0) is 31.0 Å². The Morgan fingerprint density at radius 3 is 2.67 bits per heavy atom. The summed E-state index contributed by atoms with van der Waals surface area (Å²) < 4.78 is 5.22. The first-order chi connectivity index (χ1) is 14.4. The lowest BCUT2D eigenvalue weighted by atomic mass is 9.99. The number of rotatable bonds is 5. The van der Waals surface area contributed by atoms with Gasteiger partial charge in [-0.2, -0.15) is 0 Å². The summed E-state index contributed by atoms with van der Waals surface area (Å²) in [6.45, 7) is 4.14. The molecule has 152 valence electrons. The molecule has 0 unspecified atom stereocenters. The average Bonchev–Trinajstić information content (AvgIpc) is 3.14. The zero-order chi connectivity index (χ0) is 21.4. The Labute approximate surface area is 182 Å². The maximum atomic E-state index is 11.4. The summed E-state index contributed by atoms with van der Waals surface area (Å²) in [5.41, 5.74) is 4.98. The molecule has 0 bridgehead atoms. The maximum Gasteiger partial charge on any atom is 0.339 e. The molecule has 0 atom stereocenters. The van der Waals surface area contributed by atoms with Crippen molar-refractivity contribution in [3.63, 3.8) is 0 Å². The number of aryl methyl sites for hydroxylation is 2. The molecule has 0 aliphatic heterocycles. The van der Waals surface area contributed by atoms with E-state index in [9.17, 15) is 9.90 Å². The van der Waals surface area contributed by atoms with Gasteiger partial charge in [-0.3, -0.25) is 0 Å². The molecular weight excluding hydrogens is 422 g/mol. The van der Waals surface area contributed by atoms with Crippen LogP contribution in [0.2, 0.25) is 5.02 Å². The number of aromatic carboxylic acids is 1. The van der Waals surface area contributed by atoms with Crippen molar-refractivity contribution in [3.05, 3.63) is 63.8 Å². The minimum absolute atomic E-state index is 0.00705. The second kappa shape index (κ2) is 7.93. The molecule has 0 spiro atoms. The number of anilines is 2. The van der Waals surface area contributed by atoms with Gasteiger partial charge in [0.15, 0.2) is 0 Å². The van der Waals surface area contributed by atoms with Crippen molar-refractivity contribution in [2.45, 2.75) is 13.8 Å². The van der Waals surface area contributed by atoms with E-state index in [2.05, 4.69) is 52.7 Å². The molecule has 4 rings (SSSR count). The third kappa shape index (κ3) is 3.58. The van der Waals surface area contributed by atoms with E-state index in [1.54, 1.807) is 6.07 Å². The largest absolute Gasteiger partial charge is 0.496 e. The SMILES string of the molecule is COc1cc(Nc2ncnc3scc(-c4ccc(C)cc4C)c23)c(Cl)cc1C(=O)O. The molecular formula is C22H18ClN3O3S. The molecule has 0 aliphatic rings. The number of hydrogen-bond donors (Lipinski definition) is 2. The summed E-state index contributed by atoms with van der Waals surface area (Å²) in [6.07, 6.45) is 1.49. The third-order valence-electron chi connectivity index (χ3n) is 4.81. The van der Waals surface area contributed by atoms with Crippen LogP contribution in [0.5, 0.6) is 5.75 Å². The molecule has 0 aliphatic carbocycles. The standard InChI is InChI=1S/C22H18ClN3O3S/c1-11-4-5-13(12(2)6-11)15-9-30-21-19(15)20(24-10-25-21)26-17-8-18(29-3)14(22(27)28)7-16(17)23/h4-10H,1-3H3,(H,27,28)(H,24,25,26). The van der Waals surface area contributed by atoms with Gasteiger partial charge in [0.25, 0.3) is 0 Å². The summed E-state index contributed by atoms with van der Waals surface area (Å²) >= 11 is 7.89. The highest BCUT2D eigenvalue weighted by Gasteiger charge is 2.18. The van der Waals surface area contributed by atoms with Crippen LogP contribution in [-0.4, -0.2) is 28.2 Å². The molecule has 2 aromatic heterocycles. The van der Waals surface area contributed by atoms with Gasteiger partial charge in [0.05, 0.1) is 23.2 Å². The molecule has 2 heterocycles. The van der Waals surface area contributed by atoms with Crippen molar-refractivity contribution >= 4 is 50.6 Å². The Morgan fingerprint density at radius 2 is 1.97 bits per heavy atom. The molecule has 0 saturated carbocycles. The number of halogens is 1. The highest BCUT2D eigenvalue weighted by molar-refractivity contribution is 7.17. The van der Waals surface area contributed by atoms with E-state index in [1.165, 1.54) is 36.4 Å². The second-order valence-corrected chi connectivity index (χ2v) is 8.10. The Bertz CT molecular complexity index is 1290. The number of benzene rings is 2. The monoisotopic (exact) mass is 439 g/mol. The fourth-order valence-corrected chi connectivity index (χ4v) is 4.51. The first-order valence-corrected chi connectivity index (χ1v) is 10.3. The van der Waals surface area contributed by atoms with E-state index >= 15 is 0 Å². The lowest BCUT2D eigenvalue weighted by Gasteiger charge is -2.13. The number of carboxylic acid groups (broad SMARTS) is 1. The van der Waals surface area contributed by atoms with Crippen molar-refractivity contribution in [1.82, 2.24) is 9.97 Å². The number of carbonyl (C=O) groups is 1. The Kier molecular flexibility index (Phi) is 5.32. The molecule has 0 amide bonds. The lowest BCUT2D eigenvalue weighted by Crippen LogP contribution is -2.03. The van der Waals surface area contributed by atoms with E-state index in [0.717, 1.165) is 26.9 Å². The van der Waals surface area contributed by atoms with Gasteiger partial charge in [-0.1, -0.05) is 35.4 Å². The first-order valence-electron chi connectivity index (χ1n) is 9.06. The van der Waals surface area contributed by atoms with Crippen molar-refractivity contribution in [1.29, 1.82) is 0 Å². The molecule has 0 saturated heterocycles. The van der Waals surface area contributed by atoms with E-state index < -0.39 is 5.97 Å². The van der Waals surface area contributed by atoms with Crippen molar-refractivity contribution in [2.24, 2.45) is 0 Å². The summed E-state index contributed by atoms with van der Waals surface area (Å²) in [5, 5.41) is 15.8. The van der Waals surface area contributed by atoms with E-state index in [0.29, 0.717) is 11.5 Å². The van der Waals surface area contributed by atoms with Crippen LogP contribution in [0.3, 0.4) is 0 Å². The van der Waals surface area contributed by atoms with Gasteiger partial charge < -0.3 is 15.2 Å². The van der Waals surface area contributed by atoms with Gasteiger partial charge >= 0.3 is 5.97 Å². The zero-order valence-corrected chi connectivity index (χ0v) is 18.1. The molecule has 30 heavy (non-hydrogen) atoms. The number of methoxy groups -OCH3 is 1. The maximum absolute atomic E-state index is 11.4. The predicted octanol–water partition coefficient (Wildman–Crippen LogP) is 6.08. The Balaban J connectivity index is 1.85. The van der Waals surface area contributed by atoms with E-state index in [4.69, 9.17) is 16.3 Å². The fourth-order valence-electron chi connectivity index (χ4n) is 3.40. The van der Waals surface area contributed by atoms with Crippen LogP contribution in [0.1, 0.15) is 21.5 Å². The van der Waals surface area contributed by atoms with E-state index in [1.807, 2.05) is 0 Å². The lowest BCUT2D eigenvalue weighted by molar-refractivity contribution is 0.0693. The Hall–Kier alpha value is -3.16. The molecule has 6 nitrogen and oxygen atoms in total. The summed E-state index contributed by atoms with van der Waals surface area (Å²) in [5.74, 6) is -0.317. The normalized spacial score (nSPS) is 10.9. The van der Waals surface area contributed by atoms with Gasteiger partial charge in [0, 0.05) is 17.0 Å². The van der Waals surface area contributed by atoms with Crippen molar-refractivity contribution in [2.75, 3.05) is 12.4 Å². The third-order valence-corrected chi connectivity index (χ3v) is 6.01. The highest BCUT2D eigenvalue weighted by Crippen LogP contribution is 2.40. The molecule has 4 aromatic rings. The van der Waals surface area contributed by atoms with Gasteiger partial charge in [-0.25, -0.2) is 14.8 Å². The van der Waals surface area contributed by atoms with Crippen LogP contribution >= 0.6 is 22.9 Å². The molecule has 8 heteroatoms. The Morgan fingerprint density at radius 1 is 1.17 bits per heavy atom. The van der Waals surface area contributed by atoms with Crippen LogP contribution in [-0.2, 0) is 0 Å². The molecule has 2 N–H and O–H groups in total. The van der Waals surface area contributed by atoms with Crippen LogP contribution in [0, 0.1) is 13.8 Å². The molecule has 2 aromatic carbocycles. The number of carboxylic acids is 1. The van der Waals surface area contributed by atoms with Gasteiger partial charge in [0.1, 0.15) is 28.3 Å².